The number of nitrogens with two attached hydrogens (primary N) is 1. The molecule has 0 saturated carbocycles. The lowest BCUT2D eigenvalue weighted by Gasteiger charge is -2.04. The number of allylic oxidation sites excluding steroid dienone is 2. The van der Waals surface area contributed by atoms with Gasteiger partial charge in [-0.1, -0.05) is 154 Å². The fourth-order valence-corrected chi connectivity index (χ4v) is 5.72. The first-order valence-electron chi connectivity index (χ1n) is 18.8. The summed E-state index contributed by atoms with van der Waals surface area (Å²) in [7, 11) is 0. The second-order valence-corrected chi connectivity index (χ2v) is 12.8. The molecular weight excluding hydrogens is 516 g/mol. The largest absolute Gasteiger partial charge is 0.355 e. The number of amides is 1. The molecule has 3 N–H and O–H groups in total. The SMILES string of the molecule is CCCCCCCCCCCCCCCCCC(=O)CCCCCCCC/C=C\CCCCCCCC(=O)NCCN. The highest BCUT2D eigenvalue weighted by molar-refractivity contribution is 5.78. The van der Waals surface area contributed by atoms with Gasteiger partial charge >= 0.3 is 0 Å². The molecule has 42 heavy (non-hydrogen) atoms. The summed E-state index contributed by atoms with van der Waals surface area (Å²) in [6.07, 6.45) is 43.4. The van der Waals surface area contributed by atoms with Gasteiger partial charge in [-0.05, 0) is 44.9 Å². The number of unbranched alkanes of at least 4 members (excludes halogenated alkanes) is 25. The average molecular weight is 591 g/mol. The van der Waals surface area contributed by atoms with Gasteiger partial charge in [-0.2, -0.15) is 0 Å². The van der Waals surface area contributed by atoms with Crippen LogP contribution in [0.4, 0.5) is 0 Å². The summed E-state index contributed by atoms with van der Waals surface area (Å²) in [6.45, 7) is 3.39. The summed E-state index contributed by atoms with van der Waals surface area (Å²) in [5.41, 5.74) is 5.39. The van der Waals surface area contributed by atoms with Crippen LogP contribution in [0.1, 0.15) is 206 Å². The van der Waals surface area contributed by atoms with Gasteiger partial charge < -0.3 is 11.1 Å². The molecule has 0 saturated heterocycles. The maximum absolute atomic E-state index is 12.2. The fourth-order valence-electron chi connectivity index (χ4n) is 5.72. The summed E-state index contributed by atoms with van der Waals surface area (Å²) in [5.74, 6) is 0.639. The molecule has 0 fully saturated rings. The summed E-state index contributed by atoms with van der Waals surface area (Å²) in [5, 5.41) is 2.82. The summed E-state index contributed by atoms with van der Waals surface area (Å²) >= 11 is 0. The van der Waals surface area contributed by atoms with Gasteiger partial charge in [0.25, 0.3) is 0 Å². The Morgan fingerprint density at radius 3 is 1.19 bits per heavy atom. The molecule has 0 aromatic carbocycles. The standard InChI is InChI=1S/C38H74N2O2/c1-2-3-4-5-6-7-8-9-11-14-17-20-23-26-29-32-37(41)33-30-27-24-21-18-15-12-10-13-16-19-22-25-28-31-34-38(42)40-36-35-39/h10,13H,2-9,11-12,14-36,39H2,1H3,(H,40,42)/b13-10-. The Bertz CT molecular complexity index is 590. The highest BCUT2D eigenvalue weighted by atomic mass is 16.1. The number of hydrogen-bond acceptors (Lipinski definition) is 3. The molecule has 248 valence electrons. The van der Waals surface area contributed by atoms with Crippen LogP contribution in [0, 0.1) is 0 Å². The Balaban J connectivity index is 3.23. The Morgan fingerprint density at radius 1 is 0.476 bits per heavy atom. The van der Waals surface area contributed by atoms with E-state index in [1.165, 1.54) is 154 Å². The maximum Gasteiger partial charge on any atom is 0.220 e. The van der Waals surface area contributed by atoms with Crippen LogP contribution in [-0.4, -0.2) is 24.8 Å². The van der Waals surface area contributed by atoms with Crippen LogP contribution in [0.25, 0.3) is 0 Å². The van der Waals surface area contributed by atoms with Crippen molar-refractivity contribution in [2.75, 3.05) is 13.1 Å². The van der Waals surface area contributed by atoms with Crippen molar-refractivity contribution in [3.8, 4) is 0 Å². The number of ketones is 1. The topological polar surface area (TPSA) is 72.2 Å². The molecule has 0 aromatic heterocycles. The van der Waals surface area contributed by atoms with E-state index in [-0.39, 0.29) is 5.91 Å². The minimum atomic E-state index is 0.138. The molecule has 4 heteroatoms. The molecule has 0 aliphatic carbocycles. The monoisotopic (exact) mass is 591 g/mol. The lowest BCUT2D eigenvalue weighted by Crippen LogP contribution is -2.28. The van der Waals surface area contributed by atoms with Gasteiger partial charge in [-0.15, -0.1) is 0 Å². The number of rotatable bonds is 35. The first-order chi connectivity index (χ1) is 20.7. The third-order valence-corrected chi connectivity index (χ3v) is 8.54. The van der Waals surface area contributed by atoms with Crippen LogP contribution in [-0.2, 0) is 9.59 Å². The average Bonchev–Trinajstić information content (AvgIpc) is 2.99. The molecule has 0 rings (SSSR count). The van der Waals surface area contributed by atoms with Gasteiger partial charge in [0.05, 0.1) is 0 Å². The number of nitrogens with one attached hydrogen (secondary N) is 1. The zero-order valence-electron chi connectivity index (χ0n) is 28.4. The van der Waals surface area contributed by atoms with Crippen LogP contribution >= 0.6 is 0 Å². The molecule has 0 aliphatic heterocycles. The van der Waals surface area contributed by atoms with Gasteiger partial charge in [0, 0.05) is 32.4 Å². The van der Waals surface area contributed by atoms with Crippen LogP contribution in [0.2, 0.25) is 0 Å². The van der Waals surface area contributed by atoms with E-state index in [9.17, 15) is 9.59 Å². The molecule has 0 atom stereocenters. The van der Waals surface area contributed by atoms with Crippen molar-refractivity contribution in [3.63, 3.8) is 0 Å². The van der Waals surface area contributed by atoms with Crippen LogP contribution in [0.5, 0.6) is 0 Å². The Labute approximate surface area is 263 Å². The second kappa shape index (κ2) is 36.0. The van der Waals surface area contributed by atoms with Gasteiger partial charge in [0.1, 0.15) is 5.78 Å². The van der Waals surface area contributed by atoms with Crippen LogP contribution in [0.15, 0.2) is 12.2 Å². The fraction of sp³-hybridized carbons (Fsp3) is 0.895. The van der Waals surface area contributed by atoms with Crippen LogP contribution < -0.4 is 11.1 Å². The molecule has 0 aliphatic rings. The third-order valence-electron chi connectivity index (χ3n) is 8.54. The van der Waals surface area contributed by atoms with Crippen molar-refractivity contribution >= 4 is 11.7 Å². The molecule has 0 spiro atoms. The minimum Gasteiger partial charge on any atom is -0.355 e. The molecule has 0 unspecified atom stereocenters. The molecule has 0 heterocycles. The predicted octanol–water partition coefficient (Wildman–Crippen LogP) is 11.3. The predicted molar refractivity (Wildman–Crippen MR) is 185 cm³/mol. The minimum absolute atomic E-state index is 0.138. The van der Waals surface area contributed by atoms with Gasteiger partial charge in [-0.25, -0.2) is 0 Å². The zero-order chi connectivity index (χ0) is 30.6. The van der Waals surface area contributed by atoms with E-state index < -0.39 is 0 Å². The highest BCUT2D eigenvalue weighted by Gasteiger charge is 2.02. The normalized spacial score (nSPS) is 11.5. The Hall–Kier alpha value is -1.16. The van der Waals surface area contributed by atoms with Gasteiger partial charge in [0.15, 0.2) is 0 Å². The Morgan fingerprint density at radius 2 is 0.810 bits per heavy atom. The van der Waals surface area contributed by atoms with E-state index in [1.807, 2.05) is 0 Å². The van der Waals surface area contributed by atoms with Crippen LogP contribution in [0.3, 0.4) is 0 Å². The van der Waals surface area contributed by atoms with E-state index in [0.717, 1.165) is 38.5 Å². The van der Waals surface area contributed by atoms with Crippen molar-refractivity contribution in [3.05, 3.63) is 12.2 Å². The van der Waals surface area contributed by atoms with Crippen molar-refractivity contribution in [1.82, 2.24) is 5.32 Å². The molecule has 0 bridgehead atoms. The van der Waals surface area contributed by atoms with E-state index in [2.05, 4.69) is 24.4 Å². The van der Waals surface area contributed by atoms with E-state index in [0.29, 0.717) is 25.3 Å². The van der Waals surface area contributed by atoms with E-state index >= 15 is 0 Å². The summed E-state index contributed by atoms with van der Waals surface area (Å²) in [4.78, 5) is 23.7. The smallest absolute Gasteiger partial charge is 0.220 e. The van der Waals surface area contributed by atoms with Gasteiger partial charge in [-0.3, -0.25) is 9.59 Å². The summed E-state index contributed by atoms with van der Waals surface area (Å²) < 4.78 is 0. The molecule has 0 aromatic rings. The first kappa shape index (κ1) is 40.8. The lowest BCUT2D eigenvalue weighted by atomic mass is 10.0. The Kier molecular flexibility index (Phi) is 35.0. The van der Waals surface area contributed by atoms with E-state index in [4.69, 9.17) is 5.73 Å². The summed E-state index contributed by atoms with van der Waals surface area (Å²) in [6, 6.07) is 0. The number of hydrogen-bond donors (Lipinski definition) is 2. The molecule has 0 radical (unpaired) electrons. The van der Waals surface area contributed by atoms with Crippen molar-refractivity contribution in [1.29, 1.82) is 0 Å². The molecular formula is C38H74N2O2. The van der Waals surface area contributed by atoms with Crippen molar-refractivity contribution in [2.24, 2.45) is 5.73 Å². The van der Waals surface area contributed by atoms with E-state index in [1.54, 1.807) is 0 Å². The third kappa shape index (κ3) is 35.0. The number of carbonyl (C=O) groups is 2. The molecule has 1 amide bonds. The van der Waals surface area contributed by atoms with Crippen molar-refractivity contribution < 1.29 is 9.59 Å². The number of Topliss-reactive ketones (excluding diaryl/α,β-unsaturated/α-hetero) is 1. The maximum atomic E-state index is 12.2. The molecule has 4 nitrogen and oxygen atoms in total. The highest BCUT2D eigenvalue weighted by Crippen LogP contribution is 2.15. The number of carbonyl (C=O) groups excluding carboxylic acids is 2. The quantitative estimate of drug-likeness (QED) is 0.0569. The lowest BCUT2D eigenvalue weighted by molar-refractivity contribution is -0.121. The first-order valence-corrected chi connectivity index (χ1v) is 18.8. The zero-order valence-corrected chi connectivity index (χ0v) is 28.4. The second-order valence-electron chi connectivity index (χ2n) is 12.8. The van der Waals surface area contributed by atoms with Crippen molar-refractivity contribution in [2.45, 2.75) is 206 Å². The van der Waals surface area contributed by atoms with Gasteiger partial charge in [0.2, 0.25) is 5.91 Å².